The topological polar surface area (TPSA) is 35.2 Å². The highest BCUT2D eigenvalue weighted by Gasteiger charge is 2.39. The van der Waals surface area contributed by atoms with Gasteiger partial charge in [-0.15, -0.1) is 0 Å². The number of nitrogens with two attached hydrogens (primary N) is 1. The summed E-state index contributed by atoms with van der Waals surface area (Å²) in [5.41, 5.74) is 7.41. The molecule has 1 saturated carbocycles. The Morgan fingerprint density at radius 3 is 2.72 bits per heavy atom. The number of ether oxygens (including phenoxy) is 1. The molecule has 1 aliphatic rings. The van der Waals surface area contributed by atoms with Crippen molar-refractivity contribution < 1.29 is 9.13 Å². The lowest BCUT2D eigenvalue weighted by atomic mass is 9.78. The van der Waals surface area contributed by atoms with Crippen molar-refractivity contribution in [3.8, 4) is 5.75 Å². The lowest BCUT2D eigenvalue weighted by molar-refractivity contribution is 0.0914. The van der Waals surface area contributed by atoms with Crippen LogP contribution in [0.4, 0.5) is 4.39 Å². The SMILES string of the molecule is COc1c(C2(F)CCCC(N)C2)ccc(C)c1C. The Labute approximate surface area is 108 Å². The molecule has 0 amide bonds. The van der Waals surface area contributed by atoms with Gasteiger partial charge in [0.1, 0.15) is 11.4 Å². The molecule has 0 bridgehead atoms. The van der Waals surface area contributed by atoms with Crippen LogP contribution in [0.15, 0.2) is 12.1 Å². The molecular weight excluding hydrogens is 229 g/mol. The molecule has 2 N–H and O–H groups in total. The lowest BCUT2D eigenvalue weighted by Gasteiger charge is -2.34. The predicted molar refractivity (Wildman–Crippen MR) is 71.7 cm³/mol. The van der Waals surface area contributed by atoms with E-state index in [1.165, 1.54) is 0 Å². The van der Waals surface area contributed by atoms with Gasteiger partial charge in [0, 0.05) is 18.0 Å². The monoisotopic (exact) mass is 251 g/mol. The number of methoxy groups -OCH3 is 1. The molecule has 2 unspecified atom stereocenters. The molecule has 100 valence electrons. The molecule has 0 heterocycles. The molecule has 0 spiro atoms. The van der Waals surface area contributed by atoms with Crippen LogP contribution in [0.5, 0.6) is 5.75 Å². The average Bonchev–Trinajstić information content (AvgIpc) is 2.32. The Balaban J connectivity index is 2.46. The van der Waals surface area contributed by atoms with Gasteiger partial charge in [0.15, 0.2) is 0 Å². The maximum absolute atomic E-state index is 15.2. The van der Waals surface area contributed by atoms with E-state index < -0.39 is 5.67 Å². The summed E-state index contributed by atoms with van der Waals surface area (Å²) in [6.45, 7) is 3.99. The number of rotatable bonds is 2. The number of benzene rings is 1. The molecule has 2 nitrogen and oxygen atoms in total. The van der Waals surface area contributed by atoms with Crippen molar-refractivity contribution in [3.05, 3.63) is 28.8 Å². The van der Waals surface area contributed by atoms with Crippen molar-refractivity contribution >= 4 is 0 Å². The van der Waals surface area contributed by atoms with Gasteiger partial charge in [0.25, 0.3) is 0 Å². The largest absolute Gasteiger partial charge is 0.496 e. The summed E-state index contributed by atoms with van der Waals surface area (Å²) in [5, 5.41) is 0. The Morgan fingerprint density at radius 1 is 1.39 bits per heavy atom. The number of halogens is 1. The van der Waals surface area contributed by atoms with E-state index in [4.69, 9.17) is 10.5 Å². The Morgan fingerprint density at radius 2 is 2.11 bits per heavy atom. The van der Waals surface area contributed by atoms with E-state index in [2.05, 4.69) is 0 Å². The van der Waals surface area contributed by atoms with Crippen LogP contribution in [0, 0.1) is 13.8 Å². The van der Waals surface area contributed by atoms with Gasteiger partial charge in [0.05, 0.1) is 7.11 Å². The molecule has 0 aliphatic heterocycles. The van der Waals surface area contributed by atoms with Gasteiger partial charge < -0.3 is 10.5 Å². The Hall–Kier alpha value is -1.09. The Kier molecular flexibility index (Phi) is 3.62. The Bertz CT molecular complexity index is 446. The fraction of sp³-hybridized carbons (Fsp3) is 0.600. The van der Waals surface area contributed by atoms with Crippen LogP contribution in [0.25, 0.3) is 0 Å². The van der Waals surface area contributed by atoms with Crippen LogP contribution in [-0.4, -0.2) is 13.2 Å². The van der Waals surface area contributed by atoms with Crippen LogP contribution in [0.1, 0.15) is 42.4 Å². The molecule has 1 aliphatic carbocycles. The normalized spacial score (nSPS) is 28.2. The smallest absolute Gasteiger partial charge is 0.141 e. The minimum atomic E-state index is -1.33. The van der Waals surface area contributed by atoms with Crippen molar-refractivity contribution in [1.82, 2.24) is 0 Å². The van der Waals surface area contributed by atoms with E-state index in [0.717, 1.165) is 24.0 Å². The van der Waals surface area contributed by atoms with Crippen molar-refractivity contribution in [3.63, 3.8) is 0 Å². The van der Waals surface area contributed by atoms with Crippen LogP contribution in [-0.2, 0) is 5.67 Å². The van der Waals surface area contributed by atoms with Gasteiger partial charge in [0.2, 0.25) is 0 Å². The van der Waals surface area contributed by atoms with E-state index in [-0.39, 0.29) is 6.04 Å². The third-order valence-corrected chi connectivity index (χ3v) is 4.10. The molecule has 3 heteroatoms. The predicted octanol–water partition coefficient (Wildman–Crippen LogP) is 3.38. The average molecular weight is 251 g/mol. The van der Waals surface area contributed by atoms with E-state index in [1.807, 2.05) is 26.0 Å². The van der Waals surface area contributed by atoms with Crippen LogP contribution in [0.2, 0.25) is 0 Å². The van der Waals surface area contributed by atoms with Gasteiger partial charge in [-0.25, -0.2) is 4.39 Å². The minimum Gasteiger partial charge on any atom is -0.496 e. The molecule has 2 rings (SSSR count). The summed E-state index contributed by atoms with van der Waals surface area (Å²) in [6.07, 6.45) is 2.69. The highest BCUT2D eigenvalue weighted by molar-refractivity contribution is 5.48. The van der Waals surface area contributed by atoms with E-state index in [0.29, 0.717) is 24.2 Å². The minimum absolute atomic E-state index is 0.0462. The summed E-state index contributed by atoms with van der Waals surface area (Å²) < 4.78 is 20.6. The van der Waals surface area contributed by atoms with Crippen molar-refractivity contribution in [2.24, 2.45) is 5.73 Å². The molecule has 0 radical (unpaired) electrons. The quantitative estimate of drug-likeness (QED) is 0.874. The molecule has 1 fully saturated rings. The zero-order valence-corrected chi connectivity index (χ0v) is 11.4. The molecule has 1 aromatic rings. The van der Waals surface area contributed by atoms with E-state index in [9.17, 15) is 0 Å². The zero-order chi connectivity index (χ0) is 13.3. The summed E-state index contributed by atoms with van der Waals surface area (Å²) in [6, 6.07) is 3.78. The van der Waals surface area contributed by atoms with Crippen LogP contribution < -0.4 is 10.5 Å². The van der Waals surface area contributed by atoms with Crippen molar-refractivity contribution in [2.75, 3.05) is 7.11 Å². The van der Waals surface area contributed by atoms with E-state index >= 15 is 4.39 Å². The molecular formula is C15H22FNO. The van der Waals surface area contributed by atoms with Gasteiger partial charge in [-0.2, -0.15) is 0 Å². The van der Waals surface area contributed by atoms with Crippen LogP contribution >= 0.6 is 0 Å². The molecule has 0 saturated heterocycles. The summed E-state index contributed by atoms with van der Waals surface area (Å²) in [7, 11) is 1.61. The fourth-order valence-electron chi connectivity index (χ4n) is 2.91. The molecule has 2 atom stereocenters. The van der Waals surface area contributed by atoms with Gasteiger partial charge in [-0.05, 0) is 44.2 Å². The number of aryl methyl sites for hydroxylation is 1. The first-order chi connectivity index (χ1) is 8.48. The first-order valence-corrected chi connectivity index (χ1v) is 6.57. The second-order valence-electron chi connectivity index (χ2n) is 5.41. The number of hydrogen-bond donors (Lipinski definition) is 1. The van der Waals surface area contributed by atoms with Crippen molar-refractivity contribution in [1.29, 1.82) is 0 Å². The first-order valence-electron chi connectivity index (χ1n) is 6.57. The first kappa shape index (κ1) is 13.3. The summed E-state index contributed by atoms with van der Waals surface area (Å²) in [5.74, 6) is 0.687. The third kappa shape index (κ3) is 2.24. The zero-order valence-electron chi connectivity index (χ0n) is 11.4. The van der Waals surface area contributed by atoms with Gasteiger partial charge in [-0.3, -0.25) is 0 Å². The molecule has 1 aromatic carbocycles. The maximum atomic E-state index is 15.2. The lowest BCUT2D eigenvalue weighted by Crippen LogP contribution is -2.36. The third-order valence-electron chi connectivity index (χ3n) is 4.10. The molecule has 18 heavy (non-hydrogen) atoms. The summed E-state index contributed by atoms with van der Waals surface area (Å²) in [4.78, 5) is 0. The highest BCUT2D eigenvalue weighted by Crippen LogP contribution is 2.45. The maximum Gasteiger partial charge on any atom is 0.141 e. The summed E-state index contributed by atoms with van der Waals surface area (Å²) >= 11 is 0. The second-order valence-corrected chi connectivity index (χ2v) is 5.41. The second kappa shape index (κ2) is 4.88. The van der Waals surface area contributed by atoms with Crippen LogP contribution in [0.3, 0.4) is 0 Å². The highest BCUT2D eigenvalue weighted by atomic mass is 19.1. The number of alkyl halides is 1. The van der Waals surface area contributed by atoms with E-state index in [1.54, 1.807) is 7.11 Å². The van der Waals surface area contributed by atoms with Gasteiger partial charge >= 0.3 is 0 Å². The standard InChI is InChI=1S/C15H22FNO/c1-10-6-7-13(14(18-3)11(10)2)15(16)8-4-5-12(17)9-15/h6-7,12H,4-5,8-9,17H2,1-3H3. The van der Waals surface area contributed by atoms with Crippen molar-refractivity contribution in [2.45, 2.75) is 51.2 Å². The van der Waals surface area contributed by atoms with Gasteiger partial charge in [-0.1, -0.05) is 12.1 Å². The molecule has 0 aromatic heterocycles. The fourth-order valence-corrected chi connectivity index (χ4v) is 2.91. The number of hydrogen-bond acceptors (Lipinski definition) is 2.